The quantitative estimate of drug-likeness (QED) is 0.540. The van der Waals surface area contributed by atoms with Crippen molar-refractivity contribution in [2.45, 2.75) is 37.7 Å². The van der Waals surface area contributed by atoms with Gasteiger partial charge in [-0.25, -0.2) is 0 Å². The molecule has 3 saturated heterocycles. The van der Waals surface area contributed by atoms with Gasteiger partial charge in [0.1, 0.15) is 5.92 Å². The second kappa shape index (κ2) is 2.92. The topological polar surface area (TPSA) is 59.0 Å². The van der Waals surface area contributed by atoms with Gasteiger partial charge in [-0.3, -0.25) is 9.63 Å². The van der Waals surface area contributed by atoms with Crippen LogP contribution in [0.3, 0.4) is 0 Å². The molecule has 3 aliphatic rings. The fourth-order valence-electron chi connectivity index (χ4n) is 2.65. The molecule has 0 spiro atoms. The van der Waals surface area contributed by atoms with E-state index in [-0.39, 0.29) is 17.9 Å². The summed E-state index contributed by atoms with van der Waals surface area (Å²) in [6.45, 7) is 0.859. The zero-order chi connectivity index (χ0) is 9.71. The van der Waals surface area contributed by atoms with E-state index in [0.717, 1.165) is 25.8 Å². The number of cyclic esters (lactones) is 1. The van der Waals surface area contributed by atoms with Gasteiger partial charge < -0.3 is 9.84 Å². The molecule has 3 heterocycles. The fraction of sp³-hybridized carbons (Fsp3) is 0.889. The molecule has 3 fully saturated rings. The molecule has 0 aromatic carbocycles. The Kier molecular flexibility index (Phi) is 1.80. The van der Waals surface area contributed by atoms with Gasteiger partial charge in [-0.2, -0.15) is 5.06 Å². The number of carbonyl (C=O) groups is 1. The van der Waals surface area contributed by atoms with Crippen LogP contribution in [0.1, 0.15) is 19.3 Å². The number of rotatable bonds is 0. The van der Waals surface area contributed by atoms with Crippen LogP contribution in [0.5, 0.6) is 0 Å². The second-order valence-corrected chi connectivity index (χ2v) is 4.13. The van der Waals surface area contributed by atoms with Gasteiger partial charge in [0.2, 0.25) is 6.29 Å². The van der Waals surface area contributed by atoms with Gasteiger partial charge in [0, 0.05) is 6.54 Å². The van der Waals surface area contributed by atoms with Crippen molar-refractivity contribution >= 4 is 5.97 Å². The van der Waals surface area contributed by atoms with E-state index < -0.39 is 12.4 Å². The summed E-state index contributed by atoms with van der Waals surface area (Å²) in [4.78, 5) is 16.9. The Morgan fingerprint density at radius 1 is 1.43 bits per heavy atom. The van der Waals surface area contributed by atoms with Crippen LogP contribution >= 0.6 is 0 Å². The Morgan fingerprint density at radius 2 is 2.29 bits per heavy atom. The fourth-order valence-corrected chi connectivity index (χ4v) is 2.65. The summed E-state index contributed by atoms with van der Waals surface area (Å²) < 4.78 is 4.74. The van der Waals surface area contributed by atoms with Crippen molar-refractivity contribution in [3.8, 4) is 0 Å². The lowest BCUT2D eigenvalue weighted by Gasteiger charge is -2.29. The summed E-state index contributed by atoms with van der Waals surface area (Å²) in [6, 6.07) is 0.124. The normalized spacial score (nSPS) is 47.4. The number of ether oxygens (including phenoxy) is 1. The molecule has 0 aromatic heterocycles. The Morgan fingerprint density at radius 3 is 3.14 bits per heavy atom. The van der Waals surface area contributed by atoms with Gasteiger partial charge in [0.15, 0.2) is 6.10 Å². The van der Waals surface area contributed by atoms with Crippen LogP contribution < -0.4 is 0 Å². The third-order valence-corrected chi connectivity index (χ3v) is 3.31. The van der Waals surface area contributed by atoms with E-state index in [1.165, 1.54) is 0 Å². The Hall–Kier alpha value is -0.650. The van der Waals surface area contributed by atoms with E-state index in [1.807, 2.05) is 5.06 Å². The van der Waals surface area contributed by atoms with E-state index in [1.54, 1.807) is 0 Å². The van der Waals surface area contributed by atoms with Crippen molar-refractivity contribution in [3.63, 3.8) is 0 Å². The molecule has 0 aromatic rings. The smallest absolute Gasteiger partial charge is 0.316 e. The maximum Gasteiger partial charge on any atom is 0.316 e. The van der Waals surface area contributed by atoms with Crippen molar-refractivity contribution in [3.05, 3.63) is 0 Å². The number of aliphatic hydroxyl groups excluding tert-OH is 1. The first kappa shape index (κ1) is 8.64. The molecular weight excluding hydrogens is 186 g/mol. The lowest BCUT2D eigenvalue weighted by Crippen LogP contribution is -2.38. The van der Waals surface area contributed by atoms with E-state index in [0.29, 0.717) is 0 Å². The third kappa shape index (κ3) is 1.03. The predicted octanol–water partition coefficient (Wildman–Crippen LogP) is -0.354. The lowest BCUT2D eigenvalue weighted by atomic mass is 9.90. The molecule has 3 aliphatic heterocycles. The van der Waals surface area contributed by atoms with E-state index in [9.17, 15) is 9.90 Å². The molecule has 0 amide bonds. The van der Waals surface area contributed by atoms with Gasteiger partial charge in [0.05, 0.1) is 6.04 Å². The largest absolute Gasteiger partial charge is 0.433 e. The number of piperidine rings is 1. The number of nitrogens with zero attached hydrogens (tertiary/aromatic N) is 1. The molecule has 5 heteroatoms. The molecule has 3 rings (SSSR count). The molecule has 0 aliphatic carbocycles. The van der Waals surface area contributed by atoms with Crippen molar-refractivity contribution in [1.82, 2.24) is 5.06 Å². The highest BCUT2D eigenvalue weighted by molar-refractivity contribution is 5.76. The number of hydrogen-bond acceptors (Lipinski definition) is 5. The summed E-state index contributed by atoms with van der Waals surface area (Å²) >= 11 is 0. The highest BCUT2D eigenvalue weighted by Gasteiger charge is 2.57. The van der Waals surface area contributed by atoms with Crippen LogP contribution in [-0.4, -0.2) is 41.1 Å². The van der Waals surface area contributed by atoms with Crippen LogP contribution in [0.15, 0.2) is 0 Å². The first-order chi connectivity index (χ1) is 6.77. The molecular formula is C9H13NO4. The summed E-state index contributed by atoms with van der Waals surface area (Å²) in [5.41, 5.74) is 0. The van der Waals surface area contributed by atoms with Gasteiger partial charge in [-0.05, 0) is 12.8 Å². The van der Waals surface area contributed by atoms with Gasteiger partial charge >= 0.3 is 5.97 Å². The van der Waals surface area contributed by atoms with Crippen LogP contribution in [0.2, 0.25) is 0 Å². The first-order valence-corrected chi connectivity index (χ1v) is 5.09. The minimum Gasteiger partial charge on any atom is -0.433 e. The lowest BCUT2D eigenvalue weighted by molar-refractivity contribution is -0.226. The maximum absolute atomic E-state index is 11.4. The zero-order valence-corrected chi connectivity index (χ0v) is 7.76. The van der Waals surface area contributed by atoms with Crippen molar-refractivity contribution in [2.24, 2.45) is 5.92 Å². The Bertz CT molecular complexity index is 270. The second-order valence-electron chi connectivity index (χ2n) is 4.13. The van der Waals surface area contributed by atoms with Crippen molar-refractivity contribution < 1.29 is 19.5 Å². The number of aliphatic hydroxyl groups is 1. The van der Waals surface area contributed by atoms with E-state index >= 15 is 0 Å². The van der Waals surface area contributed by atoms with Crippen molar-refractivity contribution in [1.29, 1.82) is 0 Å². The number of esters is 1. The Balaban J connectivity index is 1.87. The molecule has 0 saturated carbocycles. The number of hydroxylamine groups is 2. The number of fused-ring (bicyclic) bond motifs is 3. The molecule has 14 heavy (non-hydrogen) atoms. The number of carbonyl (C=O) groups excluding carboxylic acids is 1. The van der Waals surface area contributed by atoms with Crippen molar-refractivity contribution in [2.75, 3.05) is 6.54 Å². The standard InChI is InChI=1S/C9H13NO4/c11-8-6-5-3-1-2-4-10(5)14-7(6)9(12)13-8/h5-7,9,12H,1-4H2/t5-,6-,7+,9?/m1/s1. The molecule has 1 unspecified atom stereocenters. The van der Waals surface area contributed by atoms with E-state index in [2.05, 4.69) is 0 Å². The highest BCUT2D eigenvalue weighted by Crippen LogP contribution is 2.40. The van der Waals surface area contributed by atoms with Crippen LogP contribution in [0.25, 0.3) is 0 Å². The predicted molar refractivity (Wildman–Crippen MR) is 44.8 cm³/mol. The summed E-state index contributed by atoms with van der Waals surface area (Å²) in [5, 5.41) is 11.3. The van der Waals surface area contributed by atoms with Gasteiger partial charge in [-0.1, -0.05) is 6.42 Å². The van der Waals surface area contributed by atoms with Gasteiger partial charge in [0.25, 0.3) is 0 Å². The SMILES string of the molecule is O=C1OC(O)[C@H]2ON3CCCC[C@@H]3[C@@H]12. The Labute approximate surface area is 81.5 Å². The average molecular weight is 199 g/mol. The molecule has 5 nitrogen and oxygen atoms in total. The molecule has 4 atom stereocenters. The van der Waals surface area contributed by atoms with Crippen LogP contribution in [0.4, 0.5) is 0 Å². The highest BCUT2D eigenvalue weighted by atomic mass is 16.7. The van der Waals surface area contributed by atoms with Crippen LogP contribution in [-0.2, 0) is 14.4 Å². The molecule has 78 valence electrons. The molecule has 1 N–H and O–H groups in total. The third-order valence-electron chi connectivity index (χ3n) is 3.31. The zero-order valence-electron chi connectivity index (χ0n) is 7.76. The minimum absolute atomic E-state index is 0.124. The number of hydrogen-bond donors (Lipinski definition) is 1. The van der Waals surface area contributed by atoms with Crippen LogP contribution in [0, 0.1) is 5.92 Å². The van der Waals surface area contributed by atoms with E-state index in [4.69, 9.17) is 9.57 Å². The monoisotopic (exact) mass is 199 g/mol. The maximum atomic E-state index is 11.4. The molecule has 0 radical (unpaired) electrons. The minimum atomic E-state index is -1.07. The molecule has 0 bridgehead atoms. The first-order valence-electron chi connectivity index (χ1n) is 5.09. The summed E-state index contributed by atoms with van der Waals surface area (Å²) in [5.74, 6) is -0.581. The summed E-state index contributed by atoms with van der Waals surface area (Å²) in [7, 11) is 0. The van der Waals surface area contributed by atoms with Gasteiger partial charge in [-0.15, -0.1) is 0 Å². The summed E-state index contributed by atoms with van der Waals surface area (Å²) in [6.07, 6.45) is 1.64. The average Bonchev–Trinajstić information content (AvgIpc) is 2.66.